The van der Waals surface area contributed by atoms with Crippen LogP contribution in [0.1, 0.15) is 17.3 Å². The van der Waals surface area contributed by atoms with Gasteiger partial charge in [0.15, 0.2) is 0 Å². The molecule has 0 bridgehead atoms. The van der Waals surface area contributed by atoms with Gasteiger partial charge in [-0.1, -0.05) is 0 Å². The van der Waals surface area contributed by atoms with E-state index in [2.05, 4.69) is 10.6 Å². The summed E-state index contributed by atoms with van der Waals surface area (Å²) in [5, 5.41) is 5.06. The van der Waals surface area contributed by atoms with Gasteiger partial charge in [0.2, 0.25) is 5.91 Å². The van der Waals surface area contributed by atoms with Gasteiger partial charge >= 0.3 is 0 Å². The van der Waals surface area contributed by atoms with Gasteiger partial charge in [-0.05, 0) is 30.3 Å². The van der Waals surface area contributed by atoms with Gasteiger partial charge in [-0.2, -0.15) is 0 Å². The Labute approximate surface area is 131 Å². The minimum Gasteiger partial charge on any atom is -0.495 e. The fraction of sp³-hybridized carbons (Fsp3) is 0.125. The summed E-state index contributed by atoms with van der Waals surface area (Å²) in [6, 6.07) is 7.10. The first kappa shape index (κ1) is 16.4. The van der Waals surface area contributed by atoms with Crippen LogP contribution in [-0.2, 0) is 4.79 Å². The van der Waals surface area contributed by atoms with E-state index in [9.17, 15) is 18.4 Å². The van der Waals surface area contributed by atoms with Crippen molar-refractivity contribution in [1.29, 1.82) is 0 Å². The highest BCUT2D eigenvalue weighted by molar-refractivity contribution is 6.04. The highest BCUT2D eigenvalue weighted by atomic mass is 19.1. The third-order valence-corrected chi connectivity index (χ3v) is 2.89. The molecule has 0 aliphatic heterocycles. The van der Waals surface area contributed by atoms with Crippen LogP contribution in [0.4, 0.5) is 20.2 Å². The zero-order valence-electron chi connectivity index (χ0n) is 12.4. The summed E-state index contributed by atoms with van der Waals surface area (Å²) in [6.45, 7) is 1.33. The summed E-state index contributed by atoms with van der Waals surface area (Å²) < 4.78 is 31.4. The number of carbonyl (C=O) groups is 2. The van der Waals surface area contributed by atoms with E-state index in [1.54, 1.807) is 6.07 Å². The molecule has 23 heavy (non-hydrogen) atoms. The van der Waals surface area contributed by atoms with E-state index in [1.165, 1.54) is 26.2 Å². The van der Waals surface area contributed by atoms with Gasteiger partial charge in [0, 0.05) is 24.2 Å². The normalized spacial score (nSPS) is 10.1. The lowest BCUT2D eigenvalue weighted by molar-refractivity contribution is -0.114. The second-order valence-electron chi connectivity index (χ2n) is 4.71. The lowest BCUT2D eigenvalue weighted by Gasteiger charge is -2.12. The van der Waals surface area contributed by atoms with Gasteiger partial charge in [-0.15, -0.1) is 0 Å². The van der Waals surface area contributed by atoms with Crippen molar-refractivity contribution in [3.8, 4) is 5.75 Å². The van der Waals surface area contributed by atoms with Crippen molar-refractivity contribution in [3.05, 3.63) is 53.6 Å². The summed E-state index contributed by atoms with van der Waals surface area (Å²) in [4.78, 5) is 23.2. The number of carbonyl (C=O) groups excluding carboxylic acids is 2. The first-order valence-corrected chi connectivity index (χ1v) is 6.62. The van der Waals surface area contributed by atoms with Crippen LogP contribution in [0.3, 0.4) is 0 Å². The summed E-state index contributed by atoms with van der Waals surface area (Å²) in [6.07, 6.45) is 0. The Morgan fingerprint density at radius 1 is 1.00 bits per heavy atom. The van der Waals surface area contributed by atoms with E-state index in [1.807, 2.05) is 0 Å². The maximum atomic E-state index is 13.1. The second-order valence-corrected chi connectivity index (χ2v) is 4.71. The monoisotopic (exact) mass is 320 g/mol. The van der Waals surface area contributed by atoms with E-state index >= 15 is 0 Å². The predicted molar refractivity (Wildman–Crippen MR) is 81.6 cm³/mol. The number of methoxy groups -OCH3 is 1. The first-order valence-electron chi connectivity index (χ1n) is 6.62. The fourth-order valence-electron chi connectivity index (χ4n) is 1.96. The van der Waals surface area contributed by atoms with Gasteiger partial charge in [0.1, 0.15) is 17.4 Å². The second kappa shape index (κ2) is 6.87. The van der Waals surface area contributed by atoms with Crippen molar-refractivity contribution in [2.24, 2.45) is 0 Å². The average Bonchev–Trinajstić information content (AvgIpc) is 2.46. The highest BCUT2D eigenvalue weighted by Crippen LogP contribution is 2.28. The summed E-state index contributed by atoms with van der Waals surface area (Å²) >= 11 is 0. The molecule has 0 atom stereocenters. The van der Waals surface area contributed by atoms with E-state index < -0.39 is 17.5 Å². The van der Waals surface area contributed by atoms with Crippen molar-refractivity contribution in [2.45, 2.75) is 6.92 Å². The summed E-state index contributed by atoms with van der Waals surface area (Å²) in [5.74, 6) is -2.26. The minimum atomic E-state index is -0.844. The molecule has 0 aromatic heterocycles. The highest BCUT2D eigenvalue weighted by Gasteiger charge is 2.12. The quantitative estimate of drug-likeness (QED) is 0.909. The number of benzene rings is 2. The Morgan fingerprint density at radius 2 is 1.65 bits per heavy atom. The molecule has 0 aliphatic carbocycles. The van der Waals surface area contributed by atoms with E-state index in [0.29, 0.717) is 23.2 Å². The number of anilines is 2. The van der Waals surface area contributed by atoms with Crippen LogP contribution in [0.25, 0.3) is 0 Å². The van der Waals surface area contributed by atoms with Crippen molar-refractivity contribution in [2.75, 3.05) is 17.7 Å². The van der Waals surface area contributed by atoms with Crippen LogP contribution in [0.15, 0.2) is 36.4 Å². The Morgan fingerprint density at radius 3 is 2.22 bits per heavy atom. The number of hydrogen-bond acceptors (Lipinski definition) is 3. The van der Waals surface area contributed by atoms with E-state index in [4.69, 9.17) is 4.74 Å². The van der Waals surface area contributed by atoms with Crippen molar-refractivity contribution >= 4 is 23.2 Å². The van der Waals surface area contributed by atoms with E-state index in [-0.39, 0.29) is 11.5 Å². The lowest BCUT2D eigenvalue weighted by atomic mass is 10.2. The van der Waals surface area contributed by atoms with Crippen molar-refractivity contribution in [3.63, 3.8) is 0 Å². The molecule has 0 spiro atoms. The fourth-order valence-corrected chi connectivity index (χ4v) is 1.96. The summed E-state index contributed by atoms with van der Waals surface area (Å²) in [7, 11) is 1.44. The number of rotatable bonds is 4. The molecule has 2 aromatic carbocycles. The Balaban J connectivity index is 2.25. The number of hydrogen-bond donors (Lipinski definition) is 2. The third-order valence-electron chi connectivity index (χ3n) is 2.89. The molecule has 2 rings (SSSR count). The first-order chi connectivity index (χ1) is 10.9. The number of halogens is 2. The lowest BCUT2D eigenvalue weighted by Crippen LogP contribution is -2.13. The van der Waals surface area contributed by atoms with Crippen LogP contribution >= 0.6 is 0 Å². The number of ether oxygens (including phenoxy) is 1. The van der Waals surface area contributed by atoms with Gasteiger partial charge in [-0.25, -0.2) is 8.78 Å². The molecular weight excluding hydrogens is 306 g/mol. The van der Waals surface area contributed by atoms with Crippen LogP contribution in [0.2, 0.25) is 0 Å². The molecule has 0 unspecified atom stereocenters. The molecule has 0 fully saturated rings. The Bertz CT molecular complexity index is 743. The van der Waals surface area contributed by atoms with Gasteiger partial charge in [0.25, 0.3) is 5.91 Å². The zero-order chi connectivity index (χ0) is 17.0. The van der Waals surface area contributed by atoms with Gasteiger partial charge < -0.3 is 15.4 Å². The molecule has 0 aliphatic rings. The predicted octanol–water partition coefficient (Wildman–Crippen LogP) is 3.18. The summed E-state index contributed by atoms with van der Waals surface area (Å²) in [5.41, 5.74) is 0.548. The van der Waals surface area contributed by atoms with E-state index in [0.717, 1.165) is 12.1 Å². The smallest absolute Gasteiger partial charge is 0.255 e. The molecular formula is C16H14F2N2O3. The third kappa shape index (κ3) is 4.26. The Hall–Kier alpha value is -2.96. The van der Waals surface area contributed by atoms with Gasteiger partial charge in [-0.3, -0.25) is 9.59 Å². The molecule has 7 heteroatoms. The van der Waals surface area contributed by atoms with Crippen molar-refractivity contribution in [1.82, 2.24) is 0 Å². The van der Waals surface area contributed by atoms with Crippen LogP contribution in [0.5, 0.6) is 5.75 Å². The molecule has 2 amide bonds. The molecule has 5 nitrogen and oxygen atoms in total. The maximum absolute atomic E-state index is 13.1. The molecule has 120 valence electrons. The van der Waals surface area contributed by atoms with Gasteiger partial charge in [0.05, 0.1) is 12.8 Å². The molecule has 0 radical (unpaired) electrons. The number of nitrogens with one attached hydrogen (secondary N) is 2. The SMILES string of the molecule is COc1ccc(NC(=O)c2cc(F)cc(F)c2)cc1NC(C)=O. The average molecular weight is 320 g/mol. The van der Waals surface area contributed by atoms with Crippen LogP contribution < -0.4 is 15.4 Å². The Kier molecular flexibility index (Phi) is 4.90. The van der Waals surface area contributed by atoms with Crippen molar-refractivity contribution < 1.29 is 23.1 Å². The molecule has 0 saturated heterocycles. The largest absolute Gasteiger partial charge is 0.495 e. The van der Waals surface area contributed by atoms with Crippen LogP contribution in [-0.4, -0.2) is 18.9 Å². The zero-order valence-corrected chi connectivity index (χ0v) is 12.4. The topological polar surface area (TPSA) is 67.4 Å². The molecule has 0 saturated carbocycles. The van der Waals surface area contributed by atoms with Crippen LogP contribution in [0, 0.1) is 11.6 Å². The standard InChI is InChI=1S/C16H14F2N2O3/c1-9(21)19-14-8-13(3-4-15(14)23-2)20-16(22)10-5-11(17)7-12(18)6-10/h3-8H,1-2H3,(H,19,21)(H,20,22). The molecule has 0 heterocycles. The minimum absolute atomic E-state index is 0.153. The maximum Gasteiger partial charge on any atom is 0.255 e. The molecule has 2 N–H and O–H groups in total. The number of amides is 2. The molecule has 2 aromatic rings.